The minimum atomic E-state index is -1.72. The first kappa shape index (κ1) is 30.3. The molecule has 8 aromatic rings. The van der Waals surface area contributed by atoms with Crippen LogP contribution >= 0.6 is 0 Å². The van der Waals surface area contributed by atoms with Crippen LogP contribution in [0.1, 0.15) is 22.3 Å². The van der Waals surface area contributed by atoms with Gasteiger partial charge in [0.05, 0.1) is 0 Å². The van der Waals surface area contributed by atoms with Crippen LogP contribution in [0.15, 0.2) is 175 Å². The molecule has 14 rings (SSSR count). The van der Waals surface area contributed by atoms with Crippen molar-refractivity contribution in [1.29, 1.82) is 0 Å². The molecule has 261 valence electrons. The first-order valence-corrected chi connectivity index (χ1v) is 21.4. The molecule has 6 heterocycles. The van der Waals surface area contributed by atoms with E-state index in [4.69, 9.17) is 30.0 Å². The summed E-state index contributed by atoms with van der Waals surface area (Å²) in [5.74, 6) is 3.61. The van der Waals surface area contributed by atoms with Gasteiger partial charge in [-0.2, -0.15) is 0 Å². The van der Waals surface area contributed by atoms with Gasteiger partial charge in [0.25, 0.3) is 0 Å². The standard InChI is InChI=1S/C48H26N8.Ga/c1-2-10-26-18-34-33(17-25(26)9-1)41-49-42(34)54-44-37-21-29-13-5-6-14-30(29)22-38(37)46(51-44)56-48-40-24-32-16-8-7-15-31(32)23-39(40)47(52-48)55-45-36-20-28-12-4-3-11-27(28)19-35(36)43(50-45)53-41;/h1-24,33,41H;/q-2;+2. The SMILES string of the molecule is C1=c2ccccc2=CC2C1=C1N=C3N=C(N=c4c5cc6ccccc6cc5c5[n]4[Ga][N]1C2N=C1N=C(N=5)c2cc4ccccc4cc21)c1cc2ccccc2cc13. The molecule has 6 aliphatic rings. The first-order chi connectivity index (χ1) is 28.2. The molecule has 2 unspecified atom stereocenters. The van der Waals surface area contributed by atoms with Crippen LogP contribution in [0, 0.1) is 5.92 Å². The monoisotopic (exact) mass is 783 g/mol. The topological polar surface area (TPSA) is 82.3 Å². The van der Waals surface area contributed by atoms with Gasteiger partial charge in [0, 0.05) is 0 Å². The van der Waals surface area contributed by atoms with Gasteiger partial charge in [0.15, 0.2) is 0 Å². The Morgan fingerprint density at radius 2 is 0.912 bits per heavy atom. The Morgan fingerprint density at radius 3 is 1.47 bits per heavy atom. The van der Waals surface area contributed by atoms with E-state index in [0.29, 0.717) is 23.3 Å². The Hall–Kier alpha value is -6.94. The Labute approximate surface area is 332 Å². The maximum atomic E-state index is 5.68. The van der Waals surface area contributed by atoms with Gasteiger partial charge in [-0.3, -0.25) is 0 Å². The molecule has 1 aromatic heterocycles. The number of aliphatic imine (C=N–C) groups is 4. The zero-order valence-electron chi connectivity index (χ0n) is 30.2. The van der Waals surface area contributed by atoms with Crippen LogP contribution in [0.3, 0.4) is 0 Å². The van der Waals surface area contributed by atoms with Crippen LogP contribution in [0.4, 0.5) is 0 Å². The summed E-state index contributed by atoms with van der Waals surface area (Å²) in [6.07, 6.45) is 4.43. The third-order valence-electron chi connectivity index (χ3n) is 12.2. The fourth-order valence-corrected chi connectivity index (χ4v) is 12.8. The molecule has 8 nitrogen and oxygen atoms in total. The van der Waals surface area contributed by atoms with E-state index in [-0.39, 0.29) is 12.1 Å². The second kappa shape index (κ2) is 10.9. The average molecular weight is 785 g/mol. The van der Waals surface area contributed by atoms with Crippen molar-refractivity contribution in [3.05, 3.63) is 189 Å². The third kappa shape index (κ3) is 4.19. The Morgan fingerprint density at radius 1 is 0.456 bits per heavy atom. The molecule has 7 aromatic carbocycles. The molecule has 0 amide bonds. The van der Waals surface area contributed by atoms with Gasteiger partial charge in [0.2, 0.25) is 0 Å². The van der Waals surface area contributed by atoms with Crippen molar-refractivity contribution in [2.45, 2.75) is 6.17 Å². The summed E-state index contributed by atoms with van der Waals surface area (Å²) < 4.78 is 4.91. The van der Waals surface area contributed by atoms with Gasteiger partial charge in [-0.25, -0.2) is 0 Å². The van der Waals surface area contributed by atoms with Crippen molar-refractivity contribution < 1.29 is 0 Å². The second-order valence-electron chi connectivity index (χ2n) is 15.4. The van der Waals surface area contributed by atoms with Crippen LogP contribution < -0.4 is 21.4 Å². The van der Waals surface area contributed by atoms with Gasteiger partial charge in [-0.1, -0.05) is 0 Å². The van der Waals surface area contributed by atoms with Gasteiger partial charge < -0.3 is 0 Å². The van der Waals surface area contributed by atoms with Gasteiger partial charge in [0.1, 0.15) is 0 Å². The van der Waals surface area contributed by atoms with E-state index in [9.17, 15) is 0 Å². The summed E-state index contributed by atoms with van der Waals surface area (Å²) in [5, 5.41) is 11.4. The number of benzene rings is 7. The number of fused-ring (bicyclic) bond motifs is 17. The van der Waals surface area contributed by atoms with Crippen molar-refractivity contribution >= 4 is 96.5 Å². The molecule has 57 heavy (non-hydrogen) atoms. The molecule has 1 aliphatic carbocycles. The van der Waals surface area contributed by atoms with Gasteiger partial charge in [-0.05, 0) is 0 Å². The van der Waals surface area contributed by atoms with Crippen molar-refractivity contribution in [1.82, 2.24) is 6.88 Å². The summed E-state index contributed by atoms with van der Waals surface area (Å²) in [6, 6.07) is 47.7. The molecular formula is C48H26GaN8. The molecular weight excluding hydrogens is 758 g/mol. The second-order valence-corrected chi connectivity index (χ2v) is 18.2. The van der Waals surface area contributed by atoms with Crippen LogP contribution in [0.5, 0.6) is 0 Å². The number of hydrogen-bond donors (Lipinski definition) is 0. The van der Waals surface area contributed by atoms with Crippen molar-refractivity contribution in [3.8, 4) is 0 Å². The molecule has 0 N–H and O–H groups in total. The number of nitrogens with zero attached hydrogens (tertiary/aromatic N) is 8. The first-order valence-electron chi connectivity index (χ1n) is 19.3. The van der Waals surface area contributed by atoms with Crippen LogP contribution in [0.2, 0.25) is 0 Å². The van der Waals surface area contributed by atoms with E-state index in [1.54, 1.807) is 0 Å². The maximum absolute atomic E-state index is 5.68. The molecule has 0 saturated heterocycles. The zero-order valence-corrected chi connectivity index (χ0v) is 32.6. The number of rotatable bonds is 0. The number of aromatic nitrogens is 1. The summed E-state index contributed by atoms with van der Waals surface area (Å²) in [7, 11) is 0. The predicted molar refractivity (Wildman–Crippen MR) is 228 cm³/mol. The van der Waals surface area contributed by atoms with E-state index in [2.05, 4.69) is 152 Å². The Bertz CT molecular complexity index is 3650. The van der Waals surface area contributed by atoms with Crippen LogP contribution in [-0.4, -0.2) is 54.3 Å². The van der Waals surface area contributed by atoms with Crippen molar-refractivity contribution in [2.24, 2.45) is 35.9 Å². The van der Waals surface area contributed by atoms with Crippen LogP contribution in [0.25, 0.3) is 55.2 Å². The molecule has 1 radical (unpaired) electrons. The molecule has 0 saturated carbocycles. The van der Waals surface area contributed by atoms with Crippen LogP contribution in [-0.2, 0) is 0 Å². The third-order valence-corrected chi connectivity index (χ3v) is 15.4. The van der Waals surface area contributed by atoms with E-state index in [0.717, 1.165) is 87.7 Å². The minimum absolute atomic E-state index is 0.0541. The van der Waals surface area contributed by atoms with E-state index < -0.39 is 17.9 Å². The van der Waals surface area contributed by atoms with Crippen molar-refractivity contribution in [2.75, 3.05) is 0 Å². The summed E-state index contributed by atoms with van der Waals surface area (Å²) in [4.78, 5) is 33.1. The fraction of sp³-hybridized carbons (Fsp3) is 0.0417. The van der Waals surface area contributed by atoms with Crippen molar-refractivity contribution in [3.63, 3.8) is 0 Å². The Balaban J connectivity index is 1.17. The Kier molecular flexibility index (Phi) is 5.78. The number of hydrogen-bond acceptors (Lipinski definition) is 7. The molecule has 0 fully saturated rings. The average Bonchev–Trinajstić information content (AvgIpc) is 3.93. The molecule has 2 atom stereocenters. The summed E-state index contributed by atoms with van der Waals surface area (Å²) in [5.41, 5.74) is 6.87. The summed E-state index contributed by atoms with van der Waals surface area (Å²) >= 11 is -1.72. The predicted octanol–water partition coefficient (Wildman–Crippen LogP) is 5.91. The zero-order chi connectivity index (χ0) is 36.9. The van der Waals surface area contributed by atoms with E-state index in [1.807, 2.05) is 0 Å². The quantitative estimate of drug-likeness (QED) is 0.176. The molecule has 5 aliphatic heterocycles. The molecule has 6 bridgehead atoms. The normalized spacial score (nSPS) is 19.2. The van der Waals surface area contributed by atoms with Gasteiger partial charge >= 0.3 is 334 Å². The molecule has 9 heteroatoms. The number of amidine groups is 4. The van der Waals surface area contributed by atoms with E-state index >= 15 is 0 Å². The fourth-order valence-electron chi connectivity index (χ4n) is 9.51. The van der Waals surface area contributed by atoms with E-state index in [1.165, 1.54) is 10.4 Å². The van der Waals surface area contributed by atoms with Gasteiger partial charge in [-0.15, -0.1) is 0 Å². The summed E-state index contributed by atoms with van der Waals surface area (Å²) in [6.45, 7) is 0. The molecule has 0 spiro atoms.